The number of rotatable bonds is 6. The van der Waals surface area contributed by atoms with Gasteiger partial charge < -0.3 is 5.32 Å². The number of nitrogens with zero attached hydrogens (tertiary/aromatic N) is 1. The third-order valence-electron chi connectivity index (χ3n) is 3.04. The van der Waals surface area contributed by atoms with Gasteiger partial charge in [-0.3, -0.25) is 0 Å². The van der Waals surface area contributed by atoms with Gasteiger partial charge in [0.05, 0.1) is 0 Å². The van der Waals surface area contributed by atoms with Crippen molar-refractivity contribution < 1.29 is 0 Å². The summed E-state index contributed by atoms with van der Waals surface area (Å²) in [7, 11) is 0. The van der Waals surface area contributed by atoms with Gasteiger partial charge in [-0.15, -0.1) is 11.3 Å². The second kappa shape index (κ2) is 6.36. The Morgan fingerprint density at radius 2 is 1.88 bits per heavy atom. The molecular formula is C13H24N2S. The van der Waals surface area contributed by atoms with E-state index in [1.165, 1.54) is 5.01 Å². The fourth-order valence-electron chi connectivity index (χ4n) is 2.07. The second-order valence-electron chi connectivity index (χ2n) is 5.17. The first-order valence-electron chi connectivity index (χ1n) is 6.12. The zero-order valence-electron chi connectivity index (χ0n) is 11.1. The predicted molar refractivity (Wildman–Crippen MR) is 71.7 cm³/mol. The Balaban J connectivity index is 2.33. The molecule has 0 bridgehead atoms. The third kappa shape index (κ3) is 4.22. The van der Waals surface area contributed by atoms with Crippen LogP contribution in [0.2, 0.25) is 0 Å². The number of aromatic nitrogens is 1. The Morgan fingerprint density at radius 1 is 1.25 bits per heavy atom. The van der Waals surface area contributed by atoms with Crippen molar-refractivity contribution in [2.75, 3.05) is 6.54 Å². The molecule has 1 aromatic heterocycles. The van der Waals surface area contributed by atoms with Gasteiger partial charge in [0.25, 0.3) is 0 Å². The van der Waals surface area contributed by atoms with Crippen LogP contribution in [0.4, 0.5) is 0 Å². The number of aryl methyl sites for hydroxylation is 1. The van der Waals surface area contributed by atoms with E-state index in [-0.39, 0.29) is 0 Å². The highest BCUT2D eigenvalue weighted by atomic mass is 32.1. The SMILES string of the molecule is Cc1csc(CNCC(C(C)C)C(C)C)n1. The molecule has 0 aromatic carbocycles. The minimum Gasteiger partial charge on any atom is -0.310 e. The summed E-state index contributed by atoms with van der Waals surface area (Å²) in [5.41, 5.74) is 1.13. The van der Waals surface area contributed by atoms with Crippen LogP contribution in [-0.2, 0) is 6.54 Å². The molecule has 1 rings (SSSR count). The second-order valence-corrected chi connectivity index (χ2v) is 6.11. The summed E-state index contributed by atoms with van der Waals surface area (Å²) < 4.78 is 0. The van der Waals surface area contributed by atoms with Crippen LogP contribution in [0.15, 0.2) is 5.38 Å². The molecule has 0 aliphatic rings. The molecule has 0 unspecified atom stereocenters. The molecule has 0 aliphatic carbocycles. The number of thiazole rings is 1. The number of hydrogen-bond acceptors (Lipinski definition) is 3. The average Bonchev–Trinajstić information content (AvgIpc) is 2.57. The van der Waals surface area contributed by atoms with Crippen LogP contribution in [0.5, 0.6) is 0 Å². The standard InChI is InChI=1S/C13H24N2S/c1-9(2)12(10(3)4)6-14-7-13-15-11(5)8-16-13/h8-10,12,14H,6-7H2,1-5H3. The van der Waals surface area contributed by atoms with Gasteiger partial charge >= 0.3 is 0 Å². The summed E-state index contributed by atoms with van der Waals surface area (Å²) >= 11 is 1.74. The molecule has 1 N–H and O–H groups in total. The third-order valence-corrected chi connectivity index (χ3v) is 4.00. The van der Waals surface area contributed by atoms with Crippen molar-refractivity contribution in [3.8, 4) is 0 Å². The normalized spacial score (nSPS) is 12.0. The zero-order valence-corrected chi connectivity index (χ0v) is 11.9. The monoisotopic (exact) mass is 240 g/mol. The lowest BCUT2D eigenvalue weighted by Crippen LogP contribution is -2.29. The largest absolute Gasteiger partial charge is 0.310 e. The smallest absolute Gasteiger partial charge is 0.107 e. The van der Waals surface area contributed by atoms with Gasteiger partial charge in [-0.1, -0.05) is 27.7 Å². The van der Waals surface area contributed by atoms with Crippen LogP contribution < -0.4 is 5.32 Å². The molecule has 0 saturated carbocycles. The van der Waals surface area contributed by atoms with Crippen molar-refractivity contribution in [3.05, 3.63) is 16.1 Å². The highest BCUT2D eigenvalue weighted by Crippen LogP contribution is 2.19. The lowest BCUT2D eigenvalue weighted by molar-refractivity contribution is 0.275. The van der Waals surface area contributed by atoms with E-state index >= 15 is 0 Å². The van der Waals surface area contributed by atoms with Gasteiger partial charge in [-0.25, -0.2) is 4.98 Å². The minimum absolute atomic E-state index is 0.741. The van der Waals surface area contributed by atoms with E-state index in [4.69, 9.17) is 0 Å². The molecule has 0 fully saturated rings. The Bertz CT molecular complexity index is 297. The molecule has 0 atom stereocenters. The van der Waals surface area contributed by atoms with Crippen LogP contribution in [0, 0.1) is 24.7 Å². The molecular weight excluding hydrogens is 216 g/mol. The molecule has 1 aromatic rings. The van der Waals surface area contributed by atoms with E-state index in [1.54, 1.807) is 11.3 Å². The highest BCUT2D eigenvalue weighted by molar-refractivity contribution is 7.09. The van der Waals surface area contributed by atoms with E-state index < -0.39 is 0 Å². The molecule has 1 heterocycles. The molecule has 0 radical (unpaired) electrons. The van der Waals surface area contributed by atoms with Gasteiger partial charge in [-0.05, 0) is 31.2 Å². The maximum Gasteiger partial charge on any atom is 0.107 e. The first-order valence-corrected chi connectivity index (χ1v) is 7.00. The van der Waals surface area contributed by atoms with E-state index in [1.807, 2.05) is 6.92 Å². The topological polar surface area (TPSA) is 24.9 Å². The fourth-order valence-corrected chi connectivity index (χ4v) is 2.81. The van der Waals surface area contributed by atoms with Crippen molar-refractivity contribution in [2.45, 2.75) is 41.2 Å². The molecule has 16 heavy (non-hydrogen) atoms. The van der Waals surface area contributed by atoms with Crippen LogP contribution in [0.3, 0.4) is 0 Å². The molecule has 0 aliphatic heterocycles. The highest BCUT2D eigenvalue weighted by Gasteiger charge is 2.16. The molecule has 0 amide bonds. The fraction of sp³-hybridized carbons (Fsp3) is 0.769. The Morgan fingerprint density at radius 3 is 2.31 bits per heavy atom. The molecule has 0 spiro atoms. The van der Waals surface area contributed by atoms with Crippen molar-refractivity contribution >= 4 is 11.3 Å². The first kappa shape index (κ1) is 13.7. The van der Waals surface area contributed by atoms with Crippen molar-refractivity contribution in [1.29, 1.82) is 0 Å². The van der Waals surface area contributed by atoms with Crippen molar-refractivity contribution in [3.63, 3.8) is 0 Å². The Labute approximate surface area is 103 Å². The maximum absolute atomic E-state index is 4.45. The number of hydrogen-bond donors (Lipinski definition) is 1. The lowest BCUT2D eigenvalue weighted by Gasteiger charge is -2.24. The van der Waals surface area contributed by atoms with E-state index in [0.717, 1.165) is 36.5 Å². The molecule has 2 nitrogen and oxygen atoms in total. The van der Waals surface area contributed by atoms with Crippen LogP contribution in [0.25, 0.3) is 0 Å². The molecule has 3 heteroatoms. The predicted octanol–water partition coefficient (Wildman–Crippen LogP) is 3.47. The summed E-state index contributed by atoms with van der Waals surface area (Å²) in [6, 6.07) is 0. The molecule has 92 valence electrons. The number of nitrogens with one attached hydrogen (secondary N) is 1. The summed E-state index contributed by atoms with van der Waals surface area (Å²) in [6.07, 6.45) is 0. The summed E-state index contributed by atoms with van der Waals surface area (Å²) in [5.74, 6) is 2.23. The van der Waals surface area contributed by atoms with Crippen molar-refractivity contribution in [1.82, 2.24) is 10.3 Å². The zero-order chi connectivity index (χ0) is 12.1. The first-order chi connectivity index (χ1) is 7.50. The lowest BCUT2D eigenvalue weighted by atomic mass is 9.85. The maximum atomic E-state index is 4.45. The summed E-state index contributed by atoms with van der Waals surface area (Å²) in [6.45, 7) is 13.3. The van der Waals surface area contributed by atoms with E-state index in [2.05, 4.69) is 43.4 Å². The Hall–Kier alpha value is -0.410. The van der Waals surface area contributed by atoms with Gasteiger partial charge in [0.2, 0.25) is 0 Å². The van der Waals surface area contributed by atoms with Gasteiger partial charge in [0, 0.05) is 17.6 Å². The quantitative estimate of drug-likeness (QED) is 0.823. The average molecular weight is 240 g/mol. The summed E-state index contributed by atoms with van der Waals surface area (Å²) in [5, 5.41) is 6.83. The van der Waals surface area contributed by atoms with Crippen LogP contribution >= 0.6 is 11.3 Å². The van der Waals surface area contributed by atoms with E-state index in [9.17, 15) is 0 Å². The minimum atomic E-state index is 0.741. The van der Waals surface area contributed by atoms with Gasteiger partial charge in [0.15, 0.2) is 0 Å². The van der Waals surface area contributed by atoms with Gasteiger partial charge in [0.1, 0.15) is 5.01 Å². The van der Waals surface area contributed by atoms with Crippen LogP contribution in [0.1, 0.15) is 38.4 Å². The van der Waals surface area contributed by atoms with Gasteiger partial charge in [-0.2, -0.15) is 0 Å². The van der Waals surface area contributed by atoms with Crippen molar-refractivity contribution in [2.24, 2.45) is 17.8 Å². The molecule has 0 saturated heterocycles. The summed E-state index contributed by atoms with van der Waals surface area (Å²) in [4.78, 5) is 4.45. The van der Waals surface area contributed by atoms with Crippen LogP contribution in [-0.4, -0.2) is 11.5 Å². The Kier molecular flexibility index (Phi) is 5.42. The van der Waals surface area contributed by atoms with E-state index in [0.29, 0.717) is 0 Å².